The van der Waals surface area contributed by atoms with Crippen molar-refractivity contribution in [1.29, 1.82) is 0 Å². The number of benzene rings is 2. The van der Waals surface area contributed by atoms with Gasteiger partial charge in [-0.3, -0.25) is 0 Å². The fourth-order valence-corrected chi connectivity index (χ4v) is 2.35. The topological polar surface area (TPSA) is 29.5 Å². The van der Waals surface area contributed by atoms with Gasteiger partial charge < -0.3 is 9.84 Å². The first-order valence-corrected chi connectivity index (χ1v) is 8.15. The van der Waals surface area contributed by atoms with Gasteiger partial charge in [-0.2, -0.15) is 0 Å². The Hall–Kier alpha value is -1.80. The molecule has 0 radical (unpaired) electrons. The van der Waals surface area contributed by atoms with E-state index in [0.717, 1.165) is 43.6 Å². The van der Waals surface area contributed by atoms with Gasteiger partial charge in [-0.05, 0) is 49.4 Å². The van der Waals surface area contributed by atoms with Crippen LogP contribution in [-0.4, -0.2) is 11.7 Å². The Balaban J connectivity index is 1.82. The molecule has 0 aliphatic carbocycles. The van der Waals surface area contributed by atoms with E-state index in [0.29, 0.717) is 0 Å². The highest BCUT2D eigenvalue weighted by molar-refractivity contribution is 5.28. The Bertz CT molecular complexity index is 543. The van der Waals surface area contributed by atoms with E-state index in [4.69, 9.17) is 4.74 Å². The number of hydrogen-bond donors (Lipinski definition) is 1. The first-order valence-electron chi connectivity index (χ1n) is 8.15. The van der Waals surface area contributed by atoms with Gasteiger partial charge in [0.15, 0.2) is 0 Å². The molecule has 118 valence electrons. The van der Waals surface area contributed by atoms with Gasteiger partial charge in [0.1, 0.15) is 5.75 Å². The van der Waals surface area contributed by atoms with E-state index in [9.17, 15) is 5.11 Å². The maximum atomic E-state index is 10.2. The Labute approximate surface area is 133 Å². The van der Waals surface area contributed by atoms with E-state index < -0.39 is 6.10 Å². The van der Waals surface area contributed by atoms with Crippen molar-refractivity contribution in [3.63, 3.8) is 0 Å². The SMILES string of the molecule is CCCCOc1ccc(CCC(O)c2ccc(C)cc2)cc1. The quantitative estimate of drug-likeness (QED) is 0.707. The highest BCUT2D eigenvalue weighted by Gasteiger charge is 2.07. The predicted molar refractivity (Wildman–Crippen MR) is 91.3 cm³/mol. The minimum Gasteiger partial charge on any atom is -0.494 e. The number of aryl methyl sites for hydroxylation is 2. The van der Waals surface area contributed by atoms with Crippen LogP contribution in [0.15, 0.2) is 48.5 Å². The van der Waals surface area contributed by atoms with Crippen LogP contribution in [-0.2, 0) is 6.42 Å². The van der Waals surface area contributed by atoms with Gasteiger partial charge >= 0.3 is 0 Å². The van der Waals surface area contributed by atoms with Crippen molar-refractivity contribution in [2.45, 2.75) is 45.6 Å². The fraction of sp³-hybridized carbons (Fsp3) is 0.400. The summed E-state index contributed by atoms with van der Waals surface area (Å²) in [6, 6.07) is 16.3. The molecule has 0 fully saturated rings. The molecule has 2 aromatic rings. The third-order valence-corrected chi connectivity index (χ3v) is 3.86. The second-order valence-corrected chi connectivity index (χ2v) is 5.81. The molecule has 2 rings (SSSR count). The molecule has 1 N–H and O–H groups in total. The van der Waals surface area contributed by atoms with E-state index in [1.54, 1.807) is 0 Å². The maximum Gasteiger partial charge on any atom is 0.119 e. The van der Waals surface area contributed by atoms with Gasteiger partial charge in [0.2, 0.25) is 0 Å². The molecule has 0 amide bonds. The molecule has 0 aliphatic heterocycles. The molecule has 2 aromatic carbocycles. The number of unbranched alkanes of at least 4 members (excludes halogenated alkanes) is 1. The van der Waals surface area contributed by atoms with E-state index in [2.05, 4.69) is 26.0 Å². The van der Waals surface area contributed by atoms with Gasteiger partial charge in [0, 0.05) is 0 Å². The smallest absolute Gasteiger partial charge is 0.119 e. The van der Waals surface area contributed by atoms with Crippen molar-refractivity contribution in [2.75, 3.05) is 6.61 Å². The summed E-state index contributed by atoms with van der Waals surface area (Å²) < 4.78 is 5.66. The number of ether oxygens (including phenoxy) is 1. The predicted octanol–water partition coefficient (Wildman–Crippen LogP) is 4.84. The Kier molecular flexibility index (Phi) is 6.47. The second-order valence-electron chi connectivity index (χ2n) is 5.81. The lowest BCUT2D eigenvalue weighted by Gasteiger charge is -2.12. The molecule has 1 atom stereocenters. The minimum atomic E-state index is -0.402. The molecule has 0 bridgehead atoms. The number of rotatable bonds is 8. The van der Waals surface area contributed by atoms with Crippen molar-refractivity contribution in [1.82, 2.24) is 0 Å². The number of hydrogen-bond acceptors (Lipinski definition) is 2. The average Bonchev–Trinajstić information content (AvgIpc) is 2.55. The van der Waals surface area contributed by atoms with Crippen LogP contribution in [0.3, 0.4) is 0 Å². The van der Waals surface area contributed by atoms with Gasteiger partial charge in [0.05, 0.1) is 12.7 Å². The zero-order valence-electron chi connectivity index (χ0n) is 13.6. The Morgan fingerprint density at radius 3 is 2.32 bits per heavy atom. The van der Waals surface area contributed by atoms with Crippen LogP contribution in [0.25, 0.3) is 0 Å². The summed E-state index contributed by atoms with van der Waals surface area (Å²) in [7, 11) is 0. The molecule has 0 saturated heterocycles. The van der Waals surface area contributed by atoms with Gasteiger partial charge in [-0.1, -0.05) is 55.3 Å². The largest absolute Gasteiger partial charge is 0.494 e. The van der Waals surface area contributed by atoms with E-state index in [-0.39, 0.29) is 0 Å². The first kappa shape index (κ1) is 16.6. The molecule has 0 spiro atoms. The van der Waals surface area contributed by atoms with E-state index in [1.165, 1.54) is 11.1 Å². The van der Waals surface area contributed by atoms with Crippen molar-refractivity contribution in [2.24, 2.45) is 0 Å². The molecule has 2 heteroatoms. The van der Waals surface area contributed by atoms with Crippen molar-refractivity contribution >= 4 is 0 Å². The minimum absolute atomic E-state index is 0.402. The zero-order chi connectivity index (χ0) is 15.8. The molecule has 2 nitrogen and oxygen atoms in total. The molecule has 0 aromatic heterocycles. The Morgan fingerprint density at radius 1 is 1.00 bits per heavy atom. The van der Waals surface area contributed by atoms with Crippen LogP contribution in [0.4, 0.5) is 0 Å². The van der Waals surface area contributed by atoms with Gasteiger partial charge in [-0.15, -0.1) is 0 Å². The van der Waals surface area contributed by atoms with Crippen LogP contribution in [0, 0.1) is 6.92 Å². The monoisotopic (exact) mass is 298 g/mol. The summed E-state index contributed by atoms with van der Waals surface area (Å²) >= 11 is 0. The van der Waals surface area contributed by atoms with Crippen LogP contribution in [0.5, 0.6) is 5.75 Å². The summed E-state index contributed by atoms with van der Waals surface area (Å²) in [5, 5.41) is 10.2. The lowest BCUT2D eigenvalue weighted by Crippen LogP contribution is -2.00. The zero-order valence-corrected chi connectivity index (χ0v) is 13.6. The summed E-state index contributed by atoms with van der Waals surface area (Å²) in [4.78, 5) is 0. The Morgan fingerprint density at radius 2 is 1.68 bits per heavy atom. The molecular formula is C20H26O2. The third-order valence-electron chi connectivity index (χ3n) is 3.86. The van der Waals surface area contributed by atoms with Crippen LogP contribution >= 0.6 is 0 Å². The maximum absolute atomic E-state index is 10.2. The molecule has 0 saturated carbocycles. The van der Waals surface area contributed by atoms with Gasteiger partial charge in [-0.25, -0.2) is 0 Å². The fourth-order valence-electron chi connectivity index (χ4n) is 2.35. The lowest BCUT2D eigenvalue weighted by molar-refractivity contribution is 0.168. The van der Waals surface area contributed by atoms with E-state index >= 15 is 0 Å². The lowest BCUT2D eigenvalue weighted by atomic mass is 10.0. The van der Waals surface area contributed by atoms with E-state index in [1.807, 2.05) is 36.4 Å². The summed E-state index contributed by atoms with van der Waals surface area (Å²) in [5.41, 5.74) is 3.44. The second kappa shape index (κ2) is 8.60. The first-order chi connectivity index (χ1) is 10.7. The molecule has 22 heavy (non-hydrogen) atoms. The summed E-state index contributed by atoms with van der Waals surface area (Å²) in [6.07, 6.45) is 3.43. The number of aliphatic hydroxyl groups is 1. The van der Waals surface area contributed by atoms with Crippen molar-refractivity contribution < 1.29 is 9.84 Å². The highest BCUT2D eigenvalue weighted by atomic mass is 16.5. The third kappa shape index (κ3) is 5.19. The van der Waals surface area contributed by atoms with Crippen LogP contribution in [0.1, 0.15) is 49.0 Å². The molecule has 0 heterocycles. The standard InChI is InChI=1S/C20H26O2/c1-3-4-15-22-19-12-7-17(8-13-19)9-14-20(21)18-10-5-16(2)6-11-18/h5-8,10-13,20-21H,3-4,9,14-15H2,1-2H3. The average molecular weight is 298 g/mol. The number of aliphatic hydroxyl groups excluding tert-OH is 1. The van der Waals surface area contributed by atoms with Crippen LogP contribution in [0.2, 0.25) is 0 Å². The van der Waals surface area contributed by atoms with Gasteiger partial charge in [0.25, 0.3) is 0 Å². The summed E-state index contributed by atoms with van der Waals surface area (Å²) in [6.45, 7) is 4.99. The molecule has 1 unspecified atom stereocenters. The van der Waals surface area contributed by atoms with Crippen LogP contribution < -0.4 is 4.74 Å². The summed E-state index contributed by atoms with van der Waals surface area (Å²) in [5.74, 6) is 0.927. The normalized spacial score (nSPS) is 12.1. The van der Waals surface area contributed by atoms with Crippen molar-refractivity contribution in [3.8, 4) is 5.75 Å². The molecule has 0 aliphatic rings. The van der Waals surface area contributed by atoms with Crippen molar-refractivity contribution in [3.05, 3.63) is 65.2 Å². The highest BCUT2D eigenvalue weighted by Crippen LogP contribution is 2.21. The molecular weight excluding hydrogens is 272 g/mol.